The summed E-state index contributed by atoms with van der Waals surface area (Å²) in [5.41, 5.74) is -0.922. The quantitative estimate of drug-likeness (QED) is 0.794. The number of halogens is 1. The van der Waals surface area contributed by atoms with Crippen molar-refractivity contribution < 1.29 is 9.13 Å². The maximum absolute atomic E-state index is 15.5. The molecule has 0 aromatic rings. The summed E-state index contributed by atoms with van der Waals surface area (Å²) in [6, 6.07) is 0.308. The van der Waals surface area contributed by atoms with Crippen LogP contribution in [0.15, 0.2) is 0 Å². The fourth-order valence-corrected chi connectivity index (χ4v) is 3.78. The highest BCUT2D eigenvalue weighted by Crippen LogP contribution is 2.44. The van der Waals surface area contributed by atoms with Crippen LogP contribution in [0.5, 0.6) is 0 Å². The number of ether oxygens (including phenoxy) is 1. The second-order valence-electron chi connectivity index (χ2n) is 9.24. The zero-order chi connectivity index (χ0) is 16.6. The first-order valence-corrected chi connectivity index (χ1v) is 8.77. The topological polar surface area (TPSA) is 15.7 Å². The molecule has 0 radical (unpaired) electrons. The predicted octanol–water partition coefficient (Wildman–Crippen LogP) is 3.34. The van der Waals surface area contributed by atoms with E-state index in [0.717, 1.165) is 32.8 Å². The van der Waals surface area contributed by atoms with Crippen molar-refractivity contribution in [2.45, 2.75) is 71.6 Å². The molecule has 2 aliphatic rings. The van der Waals surface area contributed by atoms with Gasteiger partial charge in [-0.25, -0.2) is 4.39 Å². The third-order valence-corrected chi connectivity index (χ3v) is 5.23. The van der Waals surface area contributed by atoms with Gasteiger partial charge in [-0.15, -0.1) is 0 Å². The lowest BCUT2D eigenvalue weighted by atomic mass is 9.81. The molecule has 0 aromatic carbocycles. The van der Waals surface area contributed by atoms with E-state index < -0.39 is 5.67 Å². The molecule has 0 aliphatic carbocycles. The van der Waals surface area contributed by atoms with Crippen LogP contribution in [0.25, 0.3) is 0 Å². The number of hydrogen-bond acceptors (Lipinski definition) is 3. The Hall–Kier alpha value is -0.190. The van der Waals surface area contributed by atoms with Crippen molar-refractivity contribution >= 4 is 0 Å². The van der Waals surface area contributed by atoms with Crippen molar-refractivity contribution in [2.75, 3.05) is 39.4 Å². The molecule has 0 spiro atoms. The zero-order valence-electron chi connectivity index (χ0n) is 15.4. The van der Waals surface area contributed by atoms with Gasteiger partial charge in [0, 0.05) is 37.8 Å². The first-order chi connectivity index (χ1) is 10.0. The van der Waals surface area contributed by atoms with Crippen molar-refractivity contribution in [3.8, 4) is 0 Å². The van der Waals surface area contributed by atoms with Gasteiger partial charge in [0.2, 0.25) is 0 Å². The number of alkyl halides is 1. The minimum absolute atomic E-state index is 0.0186. The van der Waals surface area contributed by atoms with Crippen LogP contribution in [0.4, 0.5) is 4.39 Å². The number of rotatable bonds is 3. The number of nitrogens with zero attached hydrogens (tertiary/aromatic N) is 2. The minimum Gasteiger partial charge on any atom is -0.379 e. The molecule has 0 bridgehead atoms. The van der Waals surface area contributed by atoms with Gasteiger partial charge in [-0.2, -0.15) is 0 Å². The molecule has 22 heavy (non-hydrogen) atoms. The molecule has 0 aromatic heterocycles. The maximum atomic E-state index is 15.5. The van der Waals surface area contributed by atoms with Crippen molar-refractivity contribution in [1.29, 1.82) is 0 Å². The third kappa shape index (κ3) is 4.42. The molecule has 0 N–H and O–H groups in total. The standard InChI is InChI=1S/C18H35FN2O/c1-16(2,3)15-13-18(19,14-21(15)17(4,5)6)7-8-20-9-11-22-12-10-20/h15H,7-14H2,1-6H3/t15-,18+/m0/s1. The second-order valence-corrected chi connectivity index (χ2v) is 9.24. The molecule has 2 heterocycles. The molecule has 0 saturated carbocycles. The summed E-state index contributed by atoms with van der Waals surface area (Å²) in [6.45, 7) is 18.2. The van der Waals surface area contributed by atoms with E-state index >= 15 is 4.39 Å². The summed E-state index contributed by atoms with van der Waals surface area (Å²) in [4.78, 5) is 4.74. The Balaban J connectivity index is 2.01. The van der Waals surface area contributed by atoms with E-state index in [9.17, 15) is 0 Å². The Bertz CT molecular complexity index is 344. The lowest BCUT2D eigenvalue weighted by Crippen LogP contribution is -2.50. The first kappa shape index (κ1) is 18.2. The average Bonchev–Trinajstić information content (AvgIpc) is 2.77. The van der Waals surface area contributed by atoms with Gasteiger partial charge in [0.15, 0.2) is 0 Å². The average molecular weight is 314 g/mol. The monoisotopic (exact) mass is 314 g/mol. The van der Waals surface area contributed by atoms with Crippen LogP contribution >= 0.6 is 0 Å². The molecule has 130 valence electrons. The van der Waals surface area contributed by atoms with Crippen LogP contribution in [0.1, 0.15) is 54.4 Å². The maximum Gasteiger partial charge on any atom is 0.126 e. The Labute approximate surface area is 136 Å². The summed E-state index contributed by atoms with van der Waals surface area (Å²) in [5, 5.41) is 0. The van der Waals surface area contributed by atoms with Gasteiger partial charge in [0.25, 0.3) is 0 Å². The summed E-state index contributed by atoms with van der Waals surface area (Å²) in [6.07, 6.45) is 1.31. The molecule has 3 nitrogen and oxygen atoms in total. The molecule has 2 aliphatic heterocycles. The van der Waals surface area contributed by atoms with Crippen LogP contribution in [0.2, 0.25) is 0 Å². The Kier molecular flexibility index (Phi) is 5.25. The smallest absolute Gasteiger partial charge is 0.126 e. The number of hydrogen-bond donors (Lipinski definition) is 0. The lowest BCUT2D eigenvalue weighted by Gasteiger charge is -2.42. The molecule has 0 amide bonds. The lowest BCUT2D eigenvalue weighted by molar-refractivity contribution is 0.0254. The number of likely N-dealkylation sites (tertiary alicyclic amines) is 1. The molecule has 0 unspecified atom stereocenters. The van der Waals surface area contributed by atoms with Crippen LogP contribution in [-0.2, 0) is 4.74 Å². The van der Waals surface area contributed by atoms with Crippen LogP contribution in [-0.4, -0.2) is 66.4 Å². The third-order valence-electron chi connectivity index (χ3n) is 5.23. The highest BCUT2D eigenvalue weighted by molar-refractivity contribution is 5.04. The normalized spacial score (nSPS) is 32.6. The number of morpholine rings is 1. The predicted molar refractivity (Wildman–Crippen MR) is 90.0 cm³/mol. The fraction of sp³-hybridized carbons (Fsp3) is 1.00. The summed E-state index contributed by atoms with van der Waals surface area (Å²) < 4.78 is 20.9. The molecule has 4 heteroatoms. The highest BCUT2D eigenvalue weighted by Gasteiger charge is 2.51. The summed E-state index contributed by atoms with van der Waals surface area (Å²) in [5.74, 6) is 0. The fourth-order valence-electron chi connectivity index (χ4n) is 3.78. The molecular weight excluding hydrogens is 279 g/mol. The van der Waals surface area contributed by atoms with E-state index in [2.05, 4.69) is 51.3 Å². The Morgan fingerprint density at radius 2 is 1.68 bits per heavy atom. The van der Waals surface area contributed by atoms with Crippen molar-refractivity contribution in [3.05, 3.63) is 0 Å². The van der Waals surface area contributed by atoms with E-state index in [1.165, 1.54) is 0 Å². The van der Waals surface area contributed by atoms with Gasteiger partial charge in [0.1, 0.15) is 5.67 Å². The van der Waals surface area contributed by atoms with Gasteiger partial charge < -0.3 is 4.74 Å². The Morgan fingerprint density at radius 3 is 2.14 bits per heavy atom. The molecular formula is C18H35FN2O. The van der Waals surface area contributed by atoms with E-state index in [0.29, 0.717) is 25.4 Å². The highest BCUT2D eigenvalue weighted by atomic mass is 19.1. The second kappa shape index (κ2) is 6.37. The van der Waals surface area contributed by atoms with Gasteiger partial charge >= 0.3 is 0 Å². The van der Waals surface area contributed by atoms with Crippen LogP contribution in [0.3, 0.4) is 0 Å². The largest absolute Gasteiger partial charge is 0.379 e. The van der Waals surface area contributed by atoms with Crippen LogP contribution in [0, 0.1) is 5.41 Å². The van der Waals surface area contributed by atoms with Gasteiger partial charge in [-0.3, -0.25) is 9.80 Å². The zero-order valence-corrected chi connectivity index (χ0v) is 15.4. The van der Waals surface area contributed by atoms with Crippen LogP contribution < -0.4 is 0 Å². The van der Waals surface area contributed by atoms with E-state index in [1.54, 1.807) is 0 Å². The van der Waals surface area contributed by atoms with Crippen molar-refractivity contribution in [1.82, 2.24) is 9.80 Å². The first-order valence-electron chi connectivity index (χ1n) is 8.77. The SMILES string of the molecule is CC(C)(C)[C@@H]1C[C@](F)(CCN2CCOCC2)CN1C(C)(C)C. The van der Waals surface area contributed by atoms with Crippen molar-refractivity contribution in [2.24, 2.45) is 5.41 Å². The minimum atomic E-state index is -1.05. The molecule has 2 fully saturated rings. The van der Waals surface area contributed by atoms with E-state index in [-0.39, 0.29) is 11.0 Å². The molecule has 2 atom stereocenters. The Morgan fingerprint density at radius 1 is 1.09 bits per heavy atom. The van der Waals surface area contributed by atoms with Crippen molar-refractivity contribution in [3.63, 3.8) is 0 Å². The van der Waals surface area contributed by atoms with E-state index in [1.807, 2.05) is 0 Å². The van der Waals surface area contributed by atoms with Gasteiger partial charge in [0.05, 0.1) is 13.2 Å². The van der Waals surface area contributed by atoms with Gasteiger partial charge in [-0.05, 0) is 39.0 Å². The molecule has 2 saturated heterocycles. The summed E-state index contributed by atoms with van der Waals surface area (Å²) in [7, 11) is 0. The molecule has 2 rings (SSSR count). The van der Waals surface area contributed by atoms with E-state index in [4.69, 9.17) is 4.74 Å². The van der Waals surface area contributed by atoms with Gasteiger partial charge in [-0.1, -0.05) is 20.8 Å². The summed E-state index contributed by atoms with van der Waals surface area (Å²) >= 11 is 0.